The van der Waals surface area contributed by atoms with Crippen LogP contribution in [0.5, 0.6) is 0 Å². The van der Waals surface area contributed by atoms with Crippen molar-refractivity contribution in [1.29, 1.82) is 0 Å². The quantitative estimate of drug-likeness (QED) is 0.106. The van der Waals surface area contributed by atoms with Crippen LogP contribution in [0.1, 0.15) is 44.8 Å². The minimum absolute atomic E-state index is 0.638. The first-order valence-corrected chi connectivity index (χ1v) is 18.0. The minimum Gasteiger partial charge on any atom is -0.270 e. The Morgan fingerprint density at radius 3 is 0.704 bits per heavy atom. The van der Waals surface area contributed by atoms with Gasteiger partial charge in [0.1, 0.15) is 11.1 Å². The van der Waals surface area contributed by atoms with Crippen molar-refractivity contribution in [2.45, 2.75) is 11.1 Å². The van der Waals surface area contributed by atoms with Crippen LogP contribution in [0.3, 0.4) is 0 Å². The van der Waals surface area contributed by atoms with Crippen LogP contribution in [0.25, 0.3) is 0 Å². The lowest BCUT2D eigenvalue weighted by Crippen LogP contribution is -2.27. The van der Waals surface area contributed by atoms with Gasteiger partial charge in [-0.25, -0.2) is 0 Å². The second-order valence-electron chi connectivity index (χ2n) is 12.6. The average Bonchev–Trinajstić information content (AvgIpc) is 3.27. The molecule has 0 aliphatic heterocycles. The van der Waals surface area contributed by atoms with E-state index in [4.69, 9.17) is 9.98 Å². The third-order valence-electron chi connectivity index (χ3n) is 9.31. The van der Waals surface area contributed by atoms with Crippen LogP contribution < -0.4 is 0 Å². The number of aromatic nitrogens is 2. The van der Waals surface area contributed by atoms with Crippen molar-refractivity contribution in [2.75, 3.05) is 0 Å². The van der Waals surface area contributed by atoms with E-state index in [2.05, 4.69) is 156 Å². The Kier molecular flexibility index (Phi) is 11.4. The van der Waals surface area contributed by atoms with Crippen molar-refractivity contribution >= 4 is 12.4 Å². The molecule has 4 nitrogen and oxygen atoms in total. The van der Waals surface area contributed by atoms with Gasteiger partial charge in [0, 0.05) is 24.8 Å². The highest BCUT2D eigenvalue weighted by Crippen LogP contribution is 2.41. The zero-order valence-corrected chi connectivity index (χ0v) is 29.9. The van der Waals surface area contributed by atoms with Gasteiger partial charge in [0.2, 0.25) is 0 Å². The monoisotopic (exact) mass is 696 g/mol. The molecule has 6 aromatic carbocycles. The first-order chi connectivity index (χ1) is 26.8. The Morgan fingerprint density at radius 2 is 0.500 bits per heavy atom. The van der Waals surface area contributed by atoms with Gasteiger partial charge in [0.25, 0.3) is 0 Å². The van der Waals surface area contributed by atoms with Crippen molar-refractivity contribution in [3.8, 4) is 0 Å². The Morgan fingerprint density at radius 1 is 0.278 bits per heavy atom. The summed E-state index contributed by atoms with van der Waals surface area (Å²) in [6.45, 7) is 0. The molecule has 8 rings (SSSR count). The fourth-order valence-electron chi connectivity index (χ4n) is 6.75. The van der Waals surface area contributed by atoms with Gasteiger partial charge in [-0.05, 0) is 57.6 Å². The molecule has 0 unspecified atom stereocenters. The van der Waals surface area contributed by atoms with Crippen LogP contribution in [-0.2, 0) is 11.1 Å². The van der Waals surface area contributed by atoms with Gasteiger partial charge in [-0.2, -0.15) is 0 Å². The first kappa shape index (κ1) is 35.4. The molecule has 0 atom stereocenters. The molecule has 0 saturated heterocycles. The number of nitrogens with zero attached hydrogens (tertiary/aromatic N) is 4. The molecule has 0 radical (unpaired) electrons. The first-order valence-electron chi connectivity index (χ1n) is 18.0. The van der Waals surface area contributed by atoms with E-state index < -0.39 is 11.1 Å². The summed E-state index contributed by atoms with van der Waals surface area (Å²) in [6.07, 6.45) is 7.31. The van der Waals surface area contributed by atoms with Crippen molar-refractivity contribution in [2.24, 2.45) is 9.98 Å². The Labute approximate surface area is 318 Å². The molecule has 260 valence electrons. The van der Waals surface area contributed by atoms with Crippen molar-refractivity contribution in [3.05, 3.63) is 276 Å². The highest BCUT2D eigenvalue weighted by Gasteiger charge is 2.36. The van der Waals surface area contributed by atoms with Crippen molar-refractivity contribution in [3.63, 3.8) is 0 Å². The van der Waals surface area contributed by atoms with Gasteiger partial charge >= 0.3 is 0 Å². The molecule has 0 bridgehead atoms. The SMILES string of the molecule is C(=NC(c1ccccc1)(c1ccccc1)c1ccccc1)c1ccccn1.C(=NC(c1ccccc1)(c1ccccc1)c1ccccc1)c1ccccn1. The van der Waals surface area contributed by atoms with Crippen LogP contribution in [0, 0.1) is 0 Å². The average molecular weight is 697 g/mol. The van der Waals surface area contributed by atoms with Crippen LogP contribution in [0.15, 0.2) is 241 Å². The molecule has 2 heterocycles. The Bertz CT molecular complexity index is 1970. The summed E-state index contributed by atoms with van der Waals surface area (Å²) < 4.78 is 0. The van der Waals surface area contributed by atoms with Gasteiger partial charge in [-0.3, -0.25) is 20.0 Å². The lowest BCUT2D eigenvalue weighted by atomic mass is 9.77. The van der Waals surface area contributed by atoms with E-state index in [0.717, 1.165) is 44.8 Å². The summed E-state index contributed by atoms with van der Waals surface area (Å²) in [7, 11) is 0. The fourth-order valence-corrected chi connectivity index (χ4v) is 6.75. The lowest BCUT2D eigenvalue weighted by Gasteiger charge is -2.32. The standard InChI is InChI=1S/2C25H20N2/c2*1-4-12-21(13-5-1)25(22-14-6-2-7-15-22,23-16-8-3-9-17-23)27-20-24-18-10-11-19-26-24/h2*1-20H. The molecule has 2 aromatic heterocycles. The largest absolute Gasteiger partial charge is 0.270 e. The highest BCUT2D eigenvalue weighted by atomic mass is 14.9. The lowest BCUT2D eigenvalue weighted by molar-refractivity contribution is 0.659. The second-order valence-corrected chi connectivity index (χ2v) is 12.6. The summed E-state index contributed by atoms with van der Waals surface area (Å²) in [5, 5.41) is 0. The summed E-state index contributed by atoms with van der Waals surface area (Å²) in [6, 6.07) is 74.3. The number of rotatable bonds is 10. The summed E-state index contributed by atoms with van der Waals surface area (Å²) in [5.74, 6) is 0. The van der Waals surface area contributed by atoms with E-state index in [-0.39, 0.29) is 0 Å². The van der Waals surface area contributed by atoms with Crippen LogP contribution >= 0.6 is 0 Å². The zero-order valence-electron chi connectivity index (χ0n) is 29.9. The summed E-state index contributed by atoms with van der Waals surface area (Å²) in [4.78, 5) is 19.1. The molecular weight excluding hydrogens is 657 g/mol. The molecule has 0 aliphatic carbocycles. The van der Waals surface area contributed by atoms with Gasteiger partial charge < -0.3 is 0 Å². The van der Waals surface area contributed by atoms with E-state index in [1.54, 1.807) is 12.4 Å². The highest BCUT2D eigenvalue weighted by molar-refractivity contribution is 5.79. The van der Waals surface area contributed by atoms with Gasteiger partial charge in [0.15, 0.2) is 0 Å². The van der Waals surface area contributed by atoms with Crippen molar-refractivity contribution in [1.82, 2.24) is 9.97 Å². The maximum Gasteiger partial charge on any atom is 0.136 e. The number of hydrogen-bond acceptors (Lipinski definition) is 4. The van der Waals surface area contributed by atoms with Gasteiger partial charge in [-0.1, -0.05) is 194 Å². The molecule has 0 fully saturated rings. The maximum atomic E-state index is 5.15. The minimum atomic E-state index is -0.638. The molecule has 54 heavy (non-hydrogen) atoms. The van der Waals surface area contributed by atoms with Crippen molar-refractivity contribution < 1.29 is 0 Å². The van der Waals surface area contributed by atoms with E-state index in [0.29, 0.717) is 0 Å². The summed E-state index contributed by atoms with van der Waals surface area (Å²) >= 11 is 0. The number of hydrogen-bond donors (Lipinski definition) is 0. The smallest absolute Gasteiger partial charge is 0.136 e. The predicted molar refractivity (Wildman–Crippen MR) is 222 cm³/mol. The molecule has 0 N–H and O–H groups in total. The second kappa shape index (κ2) is 17.5. The van der Waals surface area contributed by atoms with Gasteiger partial charge in [0.05, 0.1) is 11.4 Å². The molecular formula is C50H40N4. The zero-order chi connectivity index (χ0) is 36.7. The Hall–Kier alpha value is -7.04. The number of pyridine rings is 2. The Balaban J connectivity index is 0.000000167. The van der Waals surface area contributed by atoms with E-state index in [9.17, 15) is 0 Å². The number of aliphatic imine (C=N–C) groups is 2. The van der Waals surface area contributed by atoms with Crippen LogP contribution in [-0.4, -0.2) is 22.4 Å². The molecule has 8 aromatic rings. The third kappa shape index (κ3) is 7.89. The normalized spacial score (nSPS) is 11.6. The third-order valence-corrected chi connectivity index (χ3v) is 9.31. The number of benzene rings is 6. The molecule has 4 heteroatoms. The van der Waals surface area contributed by atoms with E-state index in [1.165, 1.54) is 0 Å². The topological polar surface area (TPSA) is 50.5 Å². The fraction of sp³-hybridized carbons (Fsp3) is 0.0400. The molecule has 0 saturated carbocycles. The van der Waals surface area contributed by atoms with Gasteiger partial charge in [-0.15, -0.1) is 0 Å². The molecule has 0 aliphatic rings. The van der Waals surface area contributed by atoms with E-state index >= 15 is 0 Å². The van der Waals surface area contributed by atoms with Crippen LogP contribution in [0.2, 0.25) is 0 Å². The van der Waals surface area contributed by atoms with E-state index in [1.807, 2.05) is 85.2 Å². The molecule has 0 amide bonds. The molecule has 0 spiro atoms. The summed E-state index contributed by atoms with van der Waals surface area (Å²) in [5.41, 5.74) is 7.12. The van der Waals surface area contributed by atoms with Crippen LogP contribution in [0.4, 0.5) is 0 Å². The predicted octanol–water partition coefficient (Wildman–Crippen LogP) is 11.0. The maximum absolute atomic E-state index is 5.15.